The molecule has 2 aromatic carbocycles. The Morgan fingerprint density at radius 1 is 1.07 bits per heavy atom. The number of benzene rings is 2. The van der Waals surface area contributed by atoms with Crippen molar-refractivity contribution in [3.8, 4) is 11.4 Å². The maximum absolute atomic E-state index is 12.5. The molecular weight excluding hydrogens is 385 g/mol. The summed E-state index contributed by atoms with van der Waals surface area (Å²) in [4.78, 5) is 12.3. The largest absolute Gasteiger partial charge is 0.492 e. The minimum atomic E-state index is -4.39. The zero-order valence-corrected chi connectivity index (χ0v) is 15.8. The van der Waals surface area contributed by atoms with E-state index in [4.69, 9.17) is 4.74 Å². The van der Waals surface area contributed by atoms with Gasteiger partial charge in [0.1, 0.15) is 12.4 Å². The molecule has 29 heavy (non-hydrogen) atoms. The quantitative estimate of drug-likeness (QED) is 0.636. The van der Waals surface area contributed by atoms with E-state index in [1.165, 1.54) is 12.1 Å². The van der Waals surface area contributed by atoms with Gasteiger partial charge in [-0.1, -0.05) is 22.9 Å². The monoisotopic (exact) mass is 404 g/mol. The van der Waals surface area contributed by atoms with E-state index in [9.17, 15) is 18.0 Å². The molecule has 0 spiro atoms. The maximum Gasteiger partial charge on any atom is 0.416 e. The Kier molecular flexibility index (Phi) is 5.86. The zero-order chi connectivity index (χ0) is 21.0. The highest BCUT2D eigenvalue weighted by Crippen LogP contribution is 2.30. The minimum absolute atomic E-state index is 0.0995. The van der Waals surface area contributed by atoms with Gasteiger partial charge in [-0.2, -0.15) is 13.2 Å². The fraction of sp³-hybridized carbons (Fsp3) is 0.250. The molecule has 0 aliphatic heterocycles. The number of hydrogen-bond acceptors (Lipinski definition) is 4. The predicted molar refractivity (Wildman–Crippen MR) is 100 cm³/mol. The summed E-state index contributed by atoms with van der Waals surface area (Å²) < 4.78 is 44.5. The Bertz CT molecular complexity index is 980. The van der Waals surface area contributed by atoms with Crippen LogP contribution in [0.2, 0.25) is 0 Å². The lowest BCUT2D eigenvalue weighted by molar-refractivity contribution is -0.137. The number of aryl methyl sites for hydroxylation is 1. The van der Waals surface area contributed by atoms with Gasteiger partial charge in [-0.25, -0.2) is 4.68 Å². The van der Waals surface area contributed by atoms with Crippen LogP contribution in [-0.2, 0) is 6.18 Å². The van der Waals surface area contributed by atoms with E-state index in [0.717, 1.165) is 23.4 Å². The molecule has 3 aromatic rings. The van der Waals surface area contributed by atoms with E-state index in [-0.39, 0.29) is 24.6 Å². The maximum atomic E-state index is 12.5. The molecule has 0 saturated carbocycles. The third-order valence-corrected chi connectivity index (χ3v) is 4.23. The third kappa shape index (κ3) is 4.92. The van der Waals surface area contributed by atoms with Crippen molar-refractivity contribution in [1.82, 2.24) is 20.3 Å². The number of carbonyl (C=O) groups is 1. The molecule has 0 unspecified atom stereocenters. The molecule has 3 rings (SSSR count). The van der Waals surface area contributed by atoms with Gasteiger partial charge in [0.2, 0.25) is 0 Å². The molecule has 0 atom stereocenters. The highest BCUT2D eigenvalue weighted by Gasteiger charge is 2.30. The van der Waals surface area contributed by atoms with Crippen LogP contribution in [0.3, 0.4) is 0 Å². The molecule has 1 N–H and O–H groups in total. The van der Waals surface area contributed by atoms with Crippen LogP contribution >= 0.6 is 0 Å². The topological polar surface area (TPSA) is 69.0 Å². The number of halogens is 3. The van der Waals surface area contributed by atoms with Crippen molar-refractivity contribution >= 4 is 5.91 Å². The van der Waals surface area contributed by atoms with Crippen LogP contribution in [0.4, 0.5) is 13.2 Å². The van der Waals surface area contributed by atoms with Gasteiger partial charge in [-0.15, -0.1) is 5.10 Å². The van der Waals surface area contributed by atoms with Crippen molar-refractivity contribution in [2.45, 2.75) is 20.0 Å². The van der Waals surface area contributed by atoms with Crippen LogP contribution < -0.4 is 10.1 Å². The molecule has 1 heterocycles. The Morgan fingerprint density at radius 3 is 2.34 bits per heavy atom. The Hall–Kier alpha value is -3.36. The van der Waals surface area contributed by atoms with Crippen LogP contribution in [0.5, 0.6) is 5.75 Å². The molecule has 0 aliphatic carbocycles. The van der Waals surface area contributed by atoms with Gasteiger partial charge >= 0.3 is 6.18 Å². The lowest BCUT2D eigenvalue weighted by Gasteiger charge is -2.09. The molecule has 0 aliphatic rings. The first-order valence-corrected chi connectivity index (χ1v) is 8.83. The summed E-state index contributed by atoms with van der Waals surface area (Å²) in [7, 11) is 0. The van der Waals surface area contributed by atoms with Crippen LogP contribution in [0.15, 0.2) is 48.5 Å². The van der Waals surface area contributed by atoms with E-state index >= 15 is 0 Å². The number of carbonyl (C=O) groups excluding carboxylic acids is 1. The first kappa shape index (κ1) is 20.4. The Labute approximate surface area is 165 Å². The normalized spacial score (nSPS) is 11.3. The Morgan fingerprint density at radius 2 is 1.72 bits per heavy atom. The van der Waals surface area contributed by atoms with Crippen molar-refractivity contribution < 1.29 is 22.7 Å². The van der Waals surface area contributed by atoms with Crippen LogP contribution in [-0.4, -0.2) is 34.1 Å². The first-order valence-electron chi connectivity index (χ1n) is 8.83. The van der Waals surface area contributed by atoms with Gasteiger partial charge < -0.3 is 10.1 Å². The summed E-state index contributed by atoms with van der Waals surface area (Å²) in [6.07, 6.45) is -4.39. The molecule has 0 radical (unpaired) electrons. The van der Waals surface area contributed by atoms with Gasteiger partial charge in [0.05, 0.1) is 23.5 Å². The lowest BCUT2D eigenvalue weighted by atomic mass is 10.2. The summed E-state index contributed by atoms with van der Waals surface area (Å²) >= 11 is 0. The number of amides is 1. The summed E-state index contributed by atoms with van der Waals surface area (Å²) in [6.45, 7) is 3.98. The van der Waals surface area contributed by atoms with E-state index in [1.54, 1.807) is 11.6 Å². The van der Waals surface area contributed by atoms with Gasteiger partial charge in [0, 0.05) is 0 Å². The number of rotatable bonds is 6. The number of nitrogens with one attached hydrogen (secondary N) is 1. The van der Waals surface area contributed by atoms with Crippen molar-refractivity contribution in [1.29, 1.82) is 0 Å². The molecule has 1 aromatic heterocycles. The first-order chi connectivity index (χ1) is 13.8. The summed E-state index contributed by atoms with van der Waals surface area (Å²) in [5.41, 5.74) is 1.95. The van der Waals surface area contributed by atoms with Crippen molar-refractivity contribution in [2.75, 3.05) is 13.2 Å². The van der Waals surface area contributed by atoms with E-state index in [2.05, 4.69) is 15.6 Å². The molecular formula is C20H19F3N4O2. The van der Waals surface area contributed by atoms with Gasteiger partial charge in [-0.3, -0.25) is 4.79 Å². The van der Waals surface area contributed by atoms with Gasteiger partial charge in [0.25, 0.3) is 5.91 Å². The van der Waals surface area contributed by atoms with E-state index < -0.39 is 17.6 Å². The van der Waals surface area contributed by atoms with Crippen molar-refractivity contribution in [3.05, 3.63) is 71.0 Å². The van der Waals surface area contributed by atoms with Crippen LogP contribution in [0.1, 0.15) is 27.3 Å². The van der Waals surface area contributed by atoms with E-state index in [0.29, 0.717) is 5.69 Å². The number of aromatic nitrogens is 3. The van der Waals surface area contributed by atoms with Gasteiger partial charge in [-0.05, 0) is 50.2 Å². The third-order valence-electron chi connectivity index (χ3n) is 4.23. The molecule has 152 valence electrons. The average molecular weight is 404 g/mol. The second-order valence-electron chi connectivity index (χ2n) is 6.40. The summed E-state index contributed by atoms with van der Waals surface area (Å²) in [6, 6.07) is 12.0. The van der Waals surface area contributed by atoms with Crippen molar-refractivity contribution in [2.24, 2.45) is 0 Å². The summed E-state index contributed by atoms with van der Waals surface area (Å²) in [5, 5.41) is 10.6. The number of alkyl halides is 3. The smallest absolute Gasteiger partial charge is 0.416 e. The van der Waals surface area contributed by atoms with Gasteiger partial charge in [0.15, 0.2) is 5.69 Å². The Balaban J connectivity index is 1.53. The second-order valence-corrected chi connectivity index (χ2v) is 6.40. The molecule has 6 nitrogen and oxygen atoms in total. The minimum Gasteiger partial charge on any atom is -0.492 e. The van der Waals surface area contributed by atoms with Crippen molar-refractivity contribution in [3.63, 3.8) is 0 Å². The van der Waals surface area contributed by atoms with Crippen LogP contribution in [0.25, 0.3) is 5.69 Å². The average Bonchev–Trinajstić information content (AvgIpc) is 3.07. The summed E-state index contributed by atoms with van der Waals surface area (Å²) in [5.74, 6) is -0.120. The number of hydrogen-bond donors (Lipinski definition) is 1. The zero-order valence-electron chi connectivity index (χ0n) is 15.8. The number of nitrogens with zero attached hydrogens (tertiary/aromatic N) is 3. The van der Waals surface area contributed by atoms with E-state index in [1.807, 2.05) is 31.2 Å². The fourth-order valence-electron chi connectivity index (χ4n) is 2.63. The number of ether oxygens (including phenoxy) is 1. The predicted octanol–water partition coefficient (Wildman–Crippen LogP) is 3.71. The SMILES string of the molecule is Cc1ccc(-n2nnc(C(=O)NCCOc3ccc(C(F)(F)F)cc3)c2C)cc1. The standard InChI is InChI=1S/C20H19F3N4O2/c1-13-3-7-16(8-4-13)27-14(2)18(25-26-27)19(28)24-11-12-29-17-9-5-15(6-10-17)20(21,22)23/h3-10H,11-12H2,1-2H3,(H,24,28). The second kappa shape index (κ2) is 8.34. The molecule has 9 heteroatoms. The molecule has 0 fully saturated rings. The molecule has 1 amide bonds. The fourth-order valence-corrected chi connectivity index (χ4v) is 2.63. The molecule has 0 bridgehead atoms. The highest BCUT2D eigenvalue weighted by molar-refractivity contribution is 5.93. The lowest BCUT2D eigenvalue weighted by Crippen LogP contribution is -2.29. The highest BCUT2D eigenvalue weighted by atomic mass is 19.4. The van der Waals surface area contributed by atoms with Crippen LogP contribution in [0, 0.1) is 13.8 Å². The molecule has 0 saturated heterocycles.